The summed E-state index contributed by atoms with van der Waals surface area (Å²) in [7, 11) is -0.0915. The van der Waals surface area contributed by atoms with Gasteiger partial charge in [-0.2, -0.15) is 0 Å². The first-order valence-electron chi connectivity index (χ1n) is 6.29. The highest BCUT2D eigenvalue weighted by Gasteiger charge is 2.15. The highest BCUT2D eigenvalue weighted by atomic mass is 32.2. The molecule has 0 aliphatic heterocycles. The highest BCUT2D eigenvalue weighted by Crippen LogP contribution is 2.19. The minimum atomic E-state index is -3.16. The summed E-state index contributed by atoms with van der Waals surface area (Å²) in [4.78, 5) is 0. The van der Waals surface area contributed by atoms with Gasteiger partial charge in [0.25, 0.3) is 0 Å². The second kappa shape index (κ2) is 6.88. The Labute approximate surface area is 115 Å². The number of aromatic hydroxyl groups is 1. The largest absolute Gasteiger partial charge is 0.508 e. The SMILES string of the molecule is CCC(NCCS(=O)(=O)N(C)C)c1ccc(O)cc1. The zero-order valence-corrected chi connectivity index (χ0v) is 12.4. The molecule has 0 bridgehead atoms. The fraction of sp³-hybridized carbons (Fsp3) is 0.538. The number of rotatable bonds is 7. The molecule has 108 valence electrons. The summed E-state index contributed by atoms with van der Waals surface area (Å²) in [6.07, 6.45) is 0.854. The molecule has 0 saturated carbocycles. The third-order valence-corrected chi connectivity index (χ3v) is 4.84. The molecule has 1 aromatic carbocycles. The maximum atomic E-state index is 11.6. The van der Waals surface area contributed by atoms with E-state index in [2.05, 4.69) is 5.32 Å². The molecule has 0 radical (unpaired) electrons. The van der Waals surface area contributed by atoms with Gasteiger partial charge in [0.1, 0.15) is 5.75 Å². The van der Waals surface area contributed by atoms with Crippen molar-refractivity contribution in [2.24, 2.45) is 0 Å². The highest BCUT2D eigenvalue weighted by molar-refractivity contribution is 7.89. The van der Waals surface area contributed by atoms with E-state index >= 15 is 0 Å². The lowest BCUT2D eigenvalue weighted by Gasteiger charge is -2.18. The number of phenols is 1. The number of benzene rings is 1. The number of sulfonamides is 1. The number of hydrogen-bond acceptors (Lipinski definition) is 4. The maximum Gasteiger partial charge on any atom is 0.214 e. The summed E-state index contributed by atoms with van der Waals surface area (Å²) in [5.41, 5.74) is 1.04. The molecular formula is C13H22N2O3S. The average molecular weight is 286 g/mol. The summed E-state index contributed by atoms with van der Waals surface area (Å²) < 4.78 is 24.5. The molecule has 0 aromatic heterocycles. The molecule has 1 unspecified atom stereocenters. The van der Waals surface area contributed by atoms with Gasteiger partial charge in [0.2, 0.25) is 10.0 Å². The molecule has 19 heavy (non-hydrogen) atoms. The number of nitrogens with zero attached hydrogens (tertiary/aromatic N) is 1. The fourth-order valence-electron chi connectivity index (χ4n) is 1.75. The molecule has 0 fully saturated rings. The molecule has 1 rings (SSSR count). The van der Waals surface area contributed by atoms with Gasteiger partial charge in [0.05, 0.1) is 5.75 Å². The van der Waals surface area contributed by atoms with Crippen LogP contribution in [0.25, 0.3) is 0 Å². The van der Waals surface area contributed by atoms with Crippen molar-refractivity contribution >= 4 is 10.0 Å². The molecule has 0 spiro atoms. The zero-order valence-electron chi connectivity index (χ0n) is 11.6. The Morgan fingerprint density at radius 2 is 1.84 bits per heavy atom. The molecule has 0 amide bonds. The second-order valence-electron chi connectivity index (χ2n) is 4.60. The summed E-state index contributed by atoms with van der Waals surface area (Å²) in [5, 5.41) is 12.5. The molecule has 6 heteroatoms. The lowest BCUT2D eigenvalue weighted by molar-refractivity contribution is 0.473. The standard InChI is InChI=1S/C13H22N2O3S/c1-4-13(11-5-7-12(16)8-6-11)14-9-10-19(17,18)15(2)3/h5-8,13-14,16H,4,9-10H2,1-3H3. The molecule has 0 heterocycles. The van der Waals surface area contributed by atoms with Gasteiger partial charge in [0.15, 0.2) is 0 Å². The smallest absolute Gasteiger partial charge is 0.214 e. The Balaban J connectivity index is 2.57. The van der Waals surface area contributed by atoms with Gasteiger partial charge >= 0.3 is 0 Å². The van der Waals surface area contributed by atoms with Crippen molar-refractivity contribution in [3.63, 3.8) is 0 Å². The zero-order chi connectivity index (χ0) is 14.5. The second-order valence-corrected chi connectivity index (χ2v) is 6.91. The van der Waals surface area contributed by atoms with Crippen LogP contribution >= 0.6 is 0 Å². The van der Waals surface area contributed by atoms with Crippen molar-refractivity contribution in [2.45, 2.75) is 19.4 Å². The van der Waals surface area contributed by atoms with Crippen LogP contribution in [0.1, 0.15) is 24.9 Å². The quantitative estimate of drug-likeness (QED) is 0.793. The summed E-state index contributed by atoms with van der Waals surface area (Å²) in [6, 6.07) is 7.05. The van der Waals surface area contributed by atoms with E-state index < -0.39 is 10.0 Å². The van der Waals surface area contributed by atoms with Crippen LogP contribution in [-0.4, -0.2) is 44.2 Å². The predicted octanol–water partition coefficient (Wildman–Crippen LogP) is 1.32. The van der Waals surface area contributed by atoms with Gasteiger partial charge in [-0.15, -0.1) is 0 Å². The van der Waals surface area contributed by atoms with Crippen LogP contribution in [0.5, 0.6) is 5.75 Å². The fourth-order valence-corrected chi connectivity index (χ4v) is 2.49. The summed E-state index contributed by atoms with van der Waals surface area (Å²) in [6.45, 7) is 2.44. The lowest BCUT2D eigenvalue weighted by atomic mass is 10.0. The van der Waals surface area contributed by atoms with Gasteiger partial charge in [-0.05, 0) is 24.1 Å². The monoisotopic (exact) mass is 286 g/mol. The van der Waals surface area contributed by atoms with Crippen LogP contribution in [-0.2, 0) is 10.0 Å². The Hall–Kier alpha value is -1.11. The molecule has 2 N–H and O–H groups in total. The summed E-state index contributed by atoms with van der Waals surface area (Å²) in [5.74, 6) is 0.308. The van der Waals surface area contributed by atoms with Gasteiger partial charge in [0, 0.05) is 26.7 Å². The van der Waals surface area contributed by atoms with E-state index in [4.69, 9.17) is 0 Å². The first-order valence-corrected chi connectivity index (χ1v) is 7.90. The molecule has 1 atom stereocenters. The first kappa shape index (κ1) is 15.9. The normalized spacial score (nSPS) is 13.7. The van der Waals surface area contributed by atoms with E-state index in [0.717, 1.165) is 12.0 Å². The molecule has 1 aromatic rings. The van der Waals surface area contributed by atoms with Gasteiger partial charge in [-0.1, -0.05) is 19.1 Å². The van der Waals surface area contributed by atoms with Crippen LogP contribution in [0.3, 0.4) is 0 Å². The van der Waals surface area contributed by atoms with E-state index in [1.807, 2.05) is 19.1 Å². The third kappa shape index (κ3) is 4.81. The van der Waals surface area contributed by atoms with Crippen molar-refractivity contribution in [1.29, 1.82) is 0 Å². The molecule has 0 aliphatic rings. The van der Waals surface area contributed by atoms with Crippen molar-refractivity contribution in [2.75, 3.05) is 26.4 Å². The Kier molecular flexibility index (Phi) is 5.78. The minimum absolute atomic E-state index is 0.0780. The Morgan fingerprint density at radius 3 is 2.32 bits per heavy atom. The Bertz CT molecular complexity index is 483. The molecule has 0 aliphatic carbocycles. The molecule has 0 saturated heterocycles. The molecule has 5 nitrogen and oxygen atoms in total. The van der Waals surface area contributed by atoms with E-state index in [-0.39, 0.29) is 17.5 Å². The maximum absolute atomic E-state index is 11.6. The summed E-state index contributed by atoms with van der Waals surface area (Å²) >= 11 is 0. The Morgan fingerprint density at radius 1 is 1.26 bits per heavy atom. The molecular weight excluding hydrogens is 264 g/mol. The van der Waals surface area contributed by atoms with Crippen LogP contribution in [0.2, 0.25) is 0 Å². The van der Waals surface area contributed by atoms with Crippen molar-refractivity contribution in [3.8, 4) is 5.75 Å². The minimum Gasteiger partial charge on any atom is -0.508 e. The average Bonchev–Trinajstić information content (AvgIpc) is 2.36. The van der Waals surface area contributed by atoms with Gasteiger partial charge in [-0.25, -0.2) is 12.7 Å². The van der Waals surface area contributed by atoms with Crippen molar-refractivity contribution in [3.05, 3.63) is 29.8 Å². The first-order chi connectivity index (χ1) is 8.86. The van der Waals surface area contributed by atoms with E-state index in [9.17, 15) is 13.5 Å². The topological polar surface area (TPSA) is 69.6 Å². The van der Waals surface area contributed by atoms with E-state index in [1.54, 1.807) is 12.1 Å². The van der Waals surface area contributed by atoms with E-state index in [1.165, 1.54) is 18.4 Å². The lowest BCUT2D eigenvalue weighted by Crippen LogP contribution is -2.32. The number of nitrogens with one attached hydrogen (secondary N) is 1. The van der Waals surface area contributed by atoms with Crippen LogP contribution in [0.4, 0.5) is 0 Å². The van der Waals surface area contributed by atoms with Crippen molar-refractivity contribution in [1.82, 2.24) is 9.62 Å². The third-order valence-electron chi connectivity index (χ3n) is 3.01. The van der Waals surface area contributed by atoms with Crippen molar-refractivity contribution < 1.29 is 13.5 Å². The predicted molar refractivity (Wildman–Crippen MR) is 76.6 cm³/mol. The van der Waals surface area contributed by atoms with Crippen LogP contribution in [0.15, 0.2) is 24.3 Å². The number of phenolic OH excluding ortho intramolecular Hbond substituents is 1. The number of hydrogen-bond donors (Lipinski definition) is 2. The van der Waals surface area contributed by atoms with Crippen LogP contribution < -0.4 is 5.32 Å². The van der Waals surface area contributed by atoms with Crippen LogP contribution in [0, 0.1) is 0 Å². The van der Waals surface area contributed by atoms with Gasteiger partial charge in [-0.3, -0.25) is 0 Å². The van der Waals surface area contributed by atoms with Gasteiger partial charge < -0.3 is 10.4 Å². The van der Waals surface area contributed by atoms with E-state index in [0.29, 0.717) is 6.54 Å².